The van der Waals surface area contributed by atoms with E-state index in [-0.39, 0.29) is 23.8 Å². The summed E-state index contributed by atoms with van der Waals surface area (Å²) in [6.07, 6.45) is 0.866. The molecule has 0 saturated heterocycles. The zero-order valence-electron chi connectivity index (χ0n) is 17.8. The molecule has 0 aliphatic carbocycles. The van der Waals surface area contributed by atoms with E-state index in [1.54, 1.807) is 42.9 Å². The van der Waals surface area contributed by atoms with Gasteiger partial charge in [0.1, 0.15) is 6.61 Å². The lowest BCUT2D eigenvalue weighted by Crippen LogP contribution is -2.19. The predicted molar refractivity (Wildman–Crippen MR) is 114 cm³/mol. The van der Waals surface area contributed by atoms with Crippen LogP contribution in [0.2, 0.25) is 0 Å². The standard InChI is InChI=1S/C23H22F3N3O4/c1-31-20-13-16(4-6-18(20)33-15-23(24,25)26)5-7-21(30)29-22-19(3-2-10-28-22)32-14-17-8-11-27-12-9-17/h2-4,6,8-13H,5,7,14-15H2,1H3,(H,28,29,30). The van der Waals surface area contributed by atoms with Gasteiger partial charge in [0.15, 0.2) is 29.7 Å². The number of nitrogens with zero attached hydrogens (tertiary/aromatic N) is 2. The van der Waals surface area contributed by atoms with Gasteiger partial charge >= 0.3 is 6.18 Å². The van der Waals surface area contributed by atoms with Crippen LogP contribution >= 0.6 is 0 Å². The Hall–Kier alpha value is -3.82. The molecule has 0 atom stereocenters. The number of rotatable bonds is 10. The molecule has 0 saturated carbocycles. The zero-order valence-corrected chi connectivity index (χ0v) is 17.8. The average Bonchev–Trinajstić information content (AvgIpc) is 2.81. The van der Waals surface area contributed by atoms with E-state index in [0.29, 0.717) is 30.2 Å². The maximum atomic E-state index is 12.5. The fourth-order valence-corrected chi connectivity index (χ4v) is 2.84. The summed E-state index contributed by atoms with van der Waals surface area (Å²) in [6, 6.07) is 11.6. The summed E-state index contributed by atoms with van der Waals surface area (Å²) in [5, 5.41) is 2.73. The van der Waals surface area contributed by atoms with Crippen molar-refractivity contribution in [3.8, 4) is 17.2 Å². The van der Waals surface area contributed by atoms with Gasteiger partial charge in [-0.15, -0.1) is 0 Å². The molecule has 33 heavy (non-hydrogen) atoms. The van der Waals surface area contributed by atoms with Crippen LogP contribution in [0.4, 0.5) is 19.0 Å². The van der Waals surface area contributed by atoms with Crippen LogP contribution in [-0.2, 0) is 17.8 Å². The lowest BCUT2D eigenvalue weighted by Gasteiger charge is -2.14. The third kappa shape index (κ3) is 7.67. The molecule has 3 aromatic rings. The second-order valence-corrected chi connectivity index (χ2v) is 6.93. The summed E-state index contributed by atoms with van der Waals surface area (Å²) in [6.45, 7) is -1.12. The summed E-state index contributed by atoms with van der Waals surface area (Å²) in [5.41, 5.74) is 1.62. The van der Waals surface area contributed by atoms with E-state index < -0.39 is 12.8 Å². The second-order valence-electron chi connectivity index (χ2n) is 6.93. The van der Waals surface area contributed by atoms with E-state index in [1.165, 1.54) is 13.2 Å². The fourth-order valence-electron chi connectivity index (χ4n) is 2.84. The van der Waals surface area contributed by atoms with E-state index >= 15 is 0 Å². The number of methoxy groups -OCH3 is 1. The van der Waals surface area contributed by atoms with E-state index in [9.17, 15) is 18.0 Å². The van der Waals surface area contributed by atoms with Crippen molar-refractivity contribution in [3.05, 3.63) is 72.2 Å². The SMILES string of the molecule is COc1cc(CCC(=O)Nc2ncccc2OCc2ccncc2)ccc1OCC(F)(F)F. The third-order valence-corrected chi connectivity index (χ3v) is 4.43. The second kappa shape index (κ2) is 11.2. The third-order valence-electron chi connectivity index (χ3n) is 4.43. The quantitative estimate of drug-likeness (QED) is 0.476. The first kappa shape index (κ1) is 23.8. The topological polar surface area (TPSA) is 82.6 Å². The van der Waals surface area contributed by atoms with Crippen LogP contribution in [0.1, 0.15) is 17.5 Å². The molecule has 1 N–H and O–H groups in total. The van der Waals surface area contributed by atoms with Crippen molar-refractivity contribution in [1.82, 2.24) is 9.97 Å². The molecule has 0 unspecified atom stereocenters. The maximum absolute atomic E-state index is 12.5. The highest BCUT2D eigenvalue weighted by molar-refractivity contribution is 5.91. The van der Waals surface area contributed by atoms with Gasteiger partial charge in [-0.1, -0.05) is 6.07 Å². The van der Waals surface area contributed by atoms with E-state index in [0.717, 1.165) is 5.56 Å². The van der Waals surface area contributed by atoms with Crippen LogP contribution in [-0.4, -0.2) is 35.8 Å². The number of aryl methyl sites for hydroxylation is 1. The Kier molecular flexibility index (Phi) is 8.06. The van der Waals surface area contributed by atoms with Crippen LogP contribution in [0.25, 0.3) is 0 Å². The Balaban J connectivity index is 1.56. The van der Waals surface area contributed by atoms with Crippen LogP contribution in [0.3, 0.4) is 0 Å². The fraction of sp³-hybridized carbons (Fsp3) is 0.261. The molecular formula is C23H22F3N3O4. The van der Waals surface area contributed by atoms with Crippen molar-refractivity contribution in [2.45, 2.75) is 25.6 Å². The van der Waals surface area contributed by atoms with Gasteiger partial charge < -0.3 is 19.5 Å². The number of amides is 1. The molecule has 10 heteroatoms. The molecule has 3 rings (SSSR count). The number of aromatic nitrogens is 2. The Labute approximate surface area is 188 Å². The molecule has 0 bridgehead atoms. The monoisotopic (exact) mass is 461 g/mol. The molecule has 0 aliphatic heterocycles. The smallest absolute Gasteiger partial charge is 0.422 e. The number of nitrogens with one attached hydrogen (secondary N) is 1. The Morgan fingerprint density at radius 1 is 0.970 bits per heavy atom. The Morgan fingerprint density at radius 3 is 2.48 bits per heavy atom. The van der Waals surface area contributed by atoms with E-state index in [2.05, 4.69) is 15.3 Å². The predicted octanol–water partition coefficient (Wildman–Crippen LogP) is 4.58. The van der Waals surface area contributed by atoms with Gasteiger partial charge in [0, 0.05) is 25.0 Å². The average molecular weight is 461 g/mol. The van der Waals surface area contributed by atoms with Crippen molar-refractivity contribution in [3.63, 3.8) is 0 Å². The first-order chi connectivity index (χ1) is 15.8. The van der Waals surface area contributed by atoms with Gasteiger partial charge in [-0.3, -0.25) is 9.78 Å². The summed E-state index contributed by atoms with van der Waals surface area (Å²) in [4.78, 5) is 20.6. The summed E-state index contributed by atoms with van der Waals surface area (Å²) < 4.78 is 52.8. The zero-order chi connectivity index (χ0) is 23.7. The van der Waals surface area contributed by atoms with E-state index in [4.69, 9.17) is 14.2 Å². The Morgan fingerprint density at radius 2 is 1.76 bits per heavy atom. The maximum Gasteiger partial charge on any atom is 0.422 e. The highest BCUT2D eigenvalue weighted by Gasteiger charge is 2.29. The van der Waals surface area contributed by atoms with Crippen LogP contribution < -0.4 is 19.5 Å². The summed E-state index contributed by atoms with van der Waals surface area (Å²) in [5.74, 6) is 0.570. The molecule has 0 fully saturated rings. The lowest BCUT2D eigenvalue weighted by atomic mass is 10.1. The van der Waals surface area contributed by atoms with Gasteiger partial charge in [-0.25, -0.2) is 4.98 Å². The Bertz CT molecular complexity index is 1060. The summed E-state index contributed by atoms with van der Waals surface area (Å²) >= 11 is 0. The minimum Gasteiger partial charge on any atom is -0.493 e. The first-order valence-electron chi connectivity index (χ1n) is 9.97. The number of halogens is 3. The minimum atomic E-state index is -4.45. The number of carbonyl (C=O) groups excluding carboxylic acids is 1. The number of pyridine rings is 2. The van der Waals surface area contributed by atoms with Gasteiger partial charge in [-0.2, -0.15) is 13.2 Å². The minimum absolute atomic E-state index is 0.0208. The highest BCUT2D eigenvalue weighted by Crippen LogP contribution is 2.30. The molecular weight excluding hydrogens is 439 g/mol. The normalized spacial score (nSPS) is 11.0. The number of alkyl halides is 3. The molecule has 1 aromatic carbocycles. The van der Waals surface area contributed by atoms with Gasteiger partial charge in [0.05, 0.1) is 7.11 Å². The van der Waals surface area contributed by atoms with Crippen molar-refractivity contribution >= 4 is 11.7 Å². The van der Waals surface area contributed by atoms with Crippen molar-refractivity contribution in [2.75, 3.05) is 19.0 Å². The van der Waals surface area contributed by atoms with E-state index in [1.807, 2.05) is 12.1 Å². The van der Waals surface area contributed by atoms with Crippen LogP contribution in [0.5, 0.6) is 17.2 Å². The number of carbonyl (C=O) groups is 1. The van der Waals surface area contributed by atoms with Crippen LogP contribution in [0, 0.1) is 0 Å². The van der Waals surface area contributed by atoms with Crippen molar-refractivity contribution in [2.24, 2.45) is 0 Å². The number of benzene rings is 1. The first-order valence-corrected chi connectivity index (χ1v) is 9.97. The highest BCUT2D eigenvalue weighted by atomic mass is 19.4. The molecule has 0 aliphatic rings. The molecule has 1 amide bonds. The largest absolute Gasteiger partial charge is 0.493 e. The summed E-state index contributed by atoms with van der Waals surface area (Å²) in [7, 11) is 1.33. The molecule has 0 radical (unpaired) electrons. The molecule has 0 spiro atoms. The molecule has 174 valence electrons. The van der Waals surface area contributed by atoms with Gasteiger partial charge in [0.25, 0.3) is 0 Å². The van der Waals surface area contributed by atoms with Crippen molar-refractivity contribution < 1.29 is 32.2 Å². The number of hydrogen-bond donors (Lipinski definition) is 1. The van der Waals surface area contributed by atoms with Gasteiger partial charge in [-0.05, 0) is 53.9 Å². The van der Waals surface area contributed by atoms with Gasteiger partial charge in [0.2, 0.25) is 5.91 Å². The van der Waals surface area contributed by atoms with Crippen LogP contribution in [0.15, 0.2) is 61.1 Å². The number of hydrogen-bond acceptors (Lipinski definition) is 6. The molecule has 7 nitrogen and oxygen atoms in total. The molecule has 2 aromatic heterocycles. The molecule has 2 heterocycles. The number of ether oxygens (including phenoxy) is 3. The number of anilines is 1. The lowest BCUT2D eigenvalue weighted by molar-refractivity contribution is -0.153. The van der Waals surface area contributed by atoms with Crippen molar-refractivity contribution in [1.29, 1.82) is 0 Å².